The SMILES string of the molecule is NC(=O)c1ccccc1-c1ccc2c(CO)nn(S(=O)(=O)c3ccc(C(F)(F)F)cc3)c2c1. The summed E-state index contributed by atoms with van der Waals surface area (Å²) in [6.07, 6.45) is -4.62. The van der Waals surface area contributed by atoms with Gasteiger partial charge in [0.05, 0.1) is 28.3 Å². The largest absolute Gasteiger partial charge is 0.416 e. The van der Waals surface area contributed by atoms with Gasteiger partial charge in [0.1, 0.15) is 0 Å². The third kappa shape index (κ3) is 3.96. The Kier molecular flexibility index (Phi) is 5.46. The second kappa shape index (κ2) is 8.01. The fraction of sp³-hybridized carbons (Fsp3) is 0.0909. The Bertz CT molecular complexity index is 1480. The van der Waals surface area contributed by atoms with E-state index in [4.69, 9.17) is 5.73 Å². The highest BCUT2D eigenvalue weighted by molar-refractivity contribution is 7.90. The molecule has 1 aromatic heterocycles. The number of aromatic nitrogens is 2. The van der Waals surface area contributed by atoms with Gasteiger partial charge in [-0.1, -0.05) is 30.3 Å². The van der Waals surface area contributed by atoms with Crippen LogP contribution in [0.1, 0.15) is 21.6 Å². The van der Waals surface area contributed by atoms with Gasteiger partial charge in [0.25, 0.3) is 10.0 Å². The van der Waals surface area contributed by atoms with Crippen LogP contribution in [0.3, 0.4) is 0 Å². The van der Waals surface area contributed by atoms with E-state index in [-0.39, 0.29) is 16.8 Å². The Morgan fingerprint density at radius 3 is 2.30 bits per heavy atom. The fourth-order valence-electron chi connectivity index (χ4n) is 3.48. The lowest BCUT2D eigenvalue weighted by atomic mass is 9.98. The number of alkyl halides is 3. The summed E-state index contributed by atoms with van der Waals surface area (Å²) < 4.78 is 65.7. The molecule has 0 radical (unpaired) electrons. The van der Waals surface area contributed by atoms with E-state index >= 15 is 0 Å². The molecule has 1 heterocycles. The first-order valence-corrected chi connectivity index (χ1v) is 10.9. The smallest absolute Gasteiger partial charge is 0.390 e. The summed E-state index contributed by atoms with van der Waals surface area (Å²) in [5.41, 5.74) is 5.73. The normalized spacial score (nSPS) is 12.2. The van der Waals surface area contributed by atoms with Crippen molar-refractivity contribution in [1.82, 2.24) is 9.19 Å². The van der Waals surface area contributed by atoms with Crippen LogP contribution in [-0.4, -0.2) is 28.6 Å². The number of carbonyl (C=O) groups is 1. The molecule has 0 saturated heterocycles. The lowest BCUT2D eigenvalue weighted by molar-refractivity contribution is -0.137. The van der Waals surface area contributed by atoms with Crippen LogP contribution in [0, 0.1) is 0 Å². The summed E-state index contributed by atoms with van der Waals surface area (Å²) in [5.74, 6) is -0.673. The van der Waals surface area contributed by atoms with Gasteiger partial charge in [0.15, 0.2) is 0 Å². The zero-order valence-electron chi connectivity index (χ0n) is 16.7. The van der Waals surface area contributed by atoms with E-state index < -0.39 is 39.2 Å². The third-order valence-corrected chi connectivity index (χ3v) is 6.69. The van der Waals surface area contributed by atoms with Gasteiger partial charge in [0.2, 0.25) is 5.91 Å². The number of aliphatic hydroxyl groups is 1. The van der Waals surface area contributed by atoms with Crippen molar-refractivity contribution in [3.8, 4) is 11.1 Å². The molecule has 0 unspecified atom stereocenters. The van der Waals surface area contributed by atoms with Crippen molar-refractivity contribution in [3.05, 3.63) is 83.6 Å². The van der Waals surface area contributed by atoms with Crippen molar-refractivity contribution in [2.24, 2.45) is 5.73 Å². The maximum absolute atomic E-state index is 13.2. The van der Waals surface area contributed by atoms with E-state index in [9.17, 15) is 31.5 Å². The molecule has 33 heavy (non-hydrogen) atoms. The number of carbonyl (C=O) groups excluding carboxylic acids is 1. The number of nitrogens with two attached hydrogens (primary N) is 1. The minimum atomic E-state index is -4.62. The highest BCUT2D eigenvalue weighted by Gasteiger charge is 2.31. The number of hydrogen-bond donors (Lipinski definition) is 2. The molecular formula is C22H16F3N3O4S. The number of fused-ring (bicyclic) bond motifs is 1. The number of rotatable bonds is 5. The molecule has 0 spiro atoms. The lowest BCUT2D eigenvalue weighted by Gasteiger charge is -2.10. The summed E-state index contributed by atoms with van der Waals surface area (Å²) in [6, 6.07) is 14.1. The Morgan fingerprint density at radius 2 is 1.70 bits per heavy atom. The van der Waals surface area contributed by atoms with Gasteiger partial charge < -0.3 is 10.8 Å². The lowest BCUT2D eigenvalue weighted by Crippen LogP contribution is -2.15. The summed E-state index contributed by atoms with van der Waals surface area (Å²) >= 11 is 0. The number of hydrogen-bond acceptors (Lipinski definition) is 5. The molecule has 11 heteroatoms. The summed E-state index contributed by atoms with van der Waals surface area (Å²) in [4.78, 5) is 11.4. The van der Waals surface area contributed by atoms with Crippen LogP contribution in [0.25, 0.3) is 22.0 Å². The molecule has 1 amide bonds. The van der Waals surface area contributed by atoms with Crippen LogP contribution in [0.15, 0.2) is 71.6 Å². The minimum absolute atomic E-state index is 0.0650. The number of nitrogens with zero attached hydrogens (tertiary/aromatic N) is 2. The van der Waals surface area contributed by atoms with E-state index in [2.05, 4.69) is 5.10 Å². The van der Waals surface area contributed by atoms with Crippen molar-refractivity contribution >= 4 is 26.8 Å². The maximum Gasteiger partial charge on any atom is 0.416 e. The van der Waals surface area contributed by atoms with Crippen LogP contribution in [0.4, 0.5) is 13.2 Å². The molecule has 3 N–H and O–H groups in total. The molecule has 0 aliphatic carbocycles. The standard InChI is InChI=1S/C22H16F3N3O4S/c23-22(24,25)14-6-8-15(9-7-14)33(31,32)28-20-11-13(5-10-18(20)19(12-29)27-28)16-3-1-2-4-17(16)21(26)30/h1-11,29H,12H2,(H2,26,30). The maximum atomic E-state index is 13.2. The molecule has 3 aromatic carbocycles. The van der Waals surface area contributed by atoms with Crippen molar-refractivity contribution in [2.45, 2.75) is 17.7 Å². The fourth-order valence-corrected chi connectivity index (χ4v) is 4.78. The quantitative estimate of drug-likeness (QED) is 0.458. The van der Waals surface area contributed by atoms with Gasteiger partial charge >= 0.3 is 6.18 Å². The first-order chi connectivity index (χ1) is 15.5. The molecule has 7 nitrogen and oxygen atoms in total. The topological polar surface area (TPSA) is 115 Å². The number of benzene rings is 3. The molecule has 0 saturated carbocycles. The van der Waals surface area contributed by atoms with Crippen LogP contribution < -0.4 is 5.73 Å². The minimum Gasteiger partial charge on any atom is -0.390 e. The van der Waals surface area contributed by atoms with E-state index in [1.807, 2.05) is 0 Å². The van der Waals surface area contributed by atoms with Gasteiger partial charge in [-0.3, -0.25) is 4.79 Å². The zero-order valence-corrected chi connectivity index (χ0v) is 17.6. The Hall–Kier alpha value is -3.70. The Balaban J connectivity index is 1.91. The predicted octanol–water partition coefficient (Wildman–Crippen LogP) is 3.55. The first-order valence-electron chi connectivity index (χ1n) is 9.48. The Labute approximate surface area is 185 Å². The predicted molar refractivity (Wildman–Crippen MR) is 114 cm³/mol. The van der Waals surface area contributed by atoms with Crippen LogP contribution in [-0.2, 0) is 22.8 Å². The van der Waals surface area contributed by atoms with E-state index in [0.29, 0.717) is 32.7 Å². The average molecular weight is 475 g/mol. The number of amides is 1. The van der Waals surface area contributed by atoms with E-state index in [0.717, 1.165) is 12.1 Å². The Morgan fingerprint density at radius 1 is 1.03 bits per heavy atom. The number of halogens is 3. The molecular weight excluding hydrogens is 459 g/mol. The summed E-state index contributed by atoms with van der Waals surface area (Å²) in [6.45, 7) is -0.566. The highest BCUT2D eigenvalue weighted by Crippen LogP contribution is 2.32. The molecule has 0 bridgehead atoms. The zero-order chi connectivity index (χ0) is 24.0. The average Bonchev–Trinajstić information content (AvgIpc) is 3.17. The monoisotopic (exact) mass is 475 g/mol. The van der Waals surface area contributed by atoms with Crippen LogP contribution >= 0.6 is 0 Å². The molecule has 0 atom stereocenters. The molecule has 170 valence electrons. The van der Waals surface area contributed by atoms with E-state index in [1.165, 1.54) is 12.1 Å². The van der Waals surface area contributed by atoms with Gasteiger partial charge in [-0.15, -0.1) is 0 Å². The van der Waals surface area contributed by atoms with Crippen LogP contribution in [0.5, 0.6) is 0 Å². The highest BCUT2D eigenvalue weighted by atomic mass is 32.2. The van der Waals surface area contributed by atoms with Crippen molar-refractivity contribution in [3.63, 3.8) is 0 Å². The molecule has 4 rings (SSSR count). The third-order valence-electron chi connectivity index (χ3n) is 5.09. The second-order valence-corrected chi connectivity index (χ2v) is 8.88. The van der Waals surface area contributed by atoms with Crippen molar-refractivity contribution in [1.29, 1.82) is 0 Å². The second-order valence-electron chi connectivity index (χ2n) is 7.12. The van der Waals surface area contributed by atoms with E-state index in [1.54, 1.807) is 30.3 Å². The summed E-state index contributed by atoms with van der Waals surface area (Å²) in [7, 11) is -4.41. The molecule has 0 fully saturated rings. The van der Waals surface area contributed by atoms with Crippen LogP contribution in [0.2, 0.25) is 0 Å². The molecule has 0 aliphatic rings. The number of aliphatic hydroxyl groups excluding tert-OH is 1. The molecule has 4 aromatic rings. The van der Waals surface area contributed by atoms with Gasteiger partial charge in [-0.25, -0.2) is 0 Å². The van der Waals surface area contributed by atoms with Gasteiger partial charge in [0, 0.05) is 10.9 Å². The van der Waals surface area contributed by atoms with Gasteiger partial charge in [-0.2, -0.15) is 30.8 Å². The number of primary amides is 1. The summed E-state index contributed by atoms with van der Waals surface area (Å²) in [5, 5.41) is 14.0. The van der Waals surface area contributed by atoms with Crippen molar-refractivity contribution in [2.75, 3.05) is 0 Å². The first kappa shape index (κ1) is 22.5. The van der Waals surface area contributed by atoms with Gasteiger partial charge in [-0.05, 0) is 47.5 Å². The van der Waals surface area contributed by atoms with Crippen molar-refractivity contribution < 1.29 is 31.5 Å². The molecule has 0 aliphatic heterocycles.